The summed E-state index contributed by atoms with van der Waals surface area (Å²) < 4.78 is 0. The first-order chi connectivity index (χ1) is 11.8. The van der Waals surface area contributed by atoms with Crippen molar-refractivity contribution < 1.29 is 0 Å². The van der Waals surface area contributed by atoms with Gasteiger partial charge in [-0.05, 0) is 47.5 Å². The summed E-state index contributed by atoms with van der Waals surface area (Å²) in [5.41, 5.74) is 4.97. The number of hydrogen-bond acceptors (Lipinski definition) is 2. The van der Waals surface area contributed by atoms with Gasteiger partial charge in [0.05, 0.1) is 18.2 Å². The molecule has 0 unspecified atom stereocenters. The summed E-state index contributed by atoms with van der Waals surface area (Å²) in [6.45, 7) is 0.557. The van der Waals surface area contributed by atoms with Crippen molar-refractivity contribution in [1.82, 2.24) is 0 Å². The number of rotatable bonds is 3. The van der Waals surface area contributed by atoms with Crippen molar-refractivity contribution in [2.75, 3.05) is 11.9 Å². The molecule has 0 bridgehead atoms. The number of hydrogen-bond donors (Lipinski definition) is 1. The van der Waals surface area contributed by atoms with E-state index in [1.165, 1.54) is 11.1 Å². The van der Waals surface area contributed by atoms with Crippen LogP contribution in [0, 0.1) is 23.2 Å². The summed E-state index contributed by atoms with van der Waals surface area (Å²) in [4.78, 5) is 0. The predicted octanol–water partition coefficient (Wildman–Crippen LogP) is 4.69. The van der Waals surface area contributed by atoms with E-state index in [1.807, 2.05) is 42.5 Å². The highest BCUT2D eigenvalue weighted by molar-refractivity contribution is 5.65. The molecule has 3 rings (SSSR count). The Kier molecular flexibility index (Phi) is 4.93. The van der Waals surface area contributed by atoms with Gasteiger partial charge in [-0.25, -0.2) is 0 Å². The van der Waals surface area contributed by atoms with E-state index >= 15 is 0 Å². The molecule has 1 N–H and O–H groups in total. The van der Waals surface area contributed by atoms with Gasteiger partial charge in [0.2, 0.25) is 0 Å². The minimum Gasteiger partial charge on any atom is -0.374 e. The van der Waals surface area contributed by atoms with Gasteiger partial charge in [-0.3, -0.25) is 0 Å². The van der Waals surface area contributed by atoms with Crippen LogP contribution in [-0.2, 0) is 0 Å². The Bertz CT molecular complexity index is 908. The molecule has 2 heteroatoms. The van der Waals surface area contributed by atoms with E-state index in [1.54, 1.807) is 12.1 Å². The third-order valence-electron chi connectivity index (χ3n) is 3.60. The molecule has 0 radical (unpaired) electrons. The molecule has 0 saturated carbocycles. The van der Waals surface area contributed by atoms with Crippen molar-refractivity contribution in [3.8, 4) is 29.0 Å². The van der Waals surface area contributed by atoms with Crippen LogP contribution in [0.3, 0.4) is 0 Å². The fraction of sp³-hybridized carbons (Fsp3) is 0.0455. The number of benzene rings is 3. The van der Waals surface area contributed by atoms with Gasteiger partial charge in [0, 0.05) is 11.3 Å². The number of nitriles is 1. The molecule has 114 valence electrons. The summed E-state index contributed by atoms with van der Waals surface area (Å²) >= 11 is 0. The van der Waals surface area contributed by atoms with E-state index in [4.69, 9.17) is 5.26 Å². The molecule has 0 fully saturated rings. The number of anilines is 1. The first-order valence-electron chi connectivity index (χ1n) is 7.73. The van der Waals surface area contributed by atoms with E-state index in [-0.39, 0.29) is 0 Å². The van der Waals surface area contributed by atoms with Crippen molar-refractivity contribution in [3.63, 3.8) is 0 Å². The van der Waals surface area contributed by atoms with Gasteiger partial charge >= 0.3 is 0 Å². The normalized spacial score (nSPS) is 9.46. The fourth-order valence-electron chi connectivity index (χ4n) is 2.36. The van der Waals surface area contributed by atoms with Crippen LogP contribution in [0.4, 0.5) is 5.69 Å². The van der Waals surface area contributed by atoms with Gasteiger partial charge < -0.3 is 5.32 Å². The van der Waals surface area contributed by atoms with E-state index < -0.39 is 0 Å². The second-order valence-electron chi connectivity index (χ2n) is 5.29. The first kappa shape index (κ1) is 15.4. The van der Waals surface area contributed by atoms with Crippen LogP contribution in [0.2, 0.25) is 0 Å². The van der Waals surface area contributed by atoms with Gasteiger partial charge in [0.15, 0.2) is 0 Å². The zero-order valence-electron chi connectivity index (χ0n) is 13.2. The molecule has 3 aromatic rings. The Morgan fingerprint density at radius 3 is 2.25 bits per heavy atom. The number of nitrogens with one attached hydrogen (secondary N) is 1. The van der Waals surface area contributed by atoms with E-state index in [9.17, 15) is 0 Å². The van der Waals surface area contributed by atoms with E-state index in [2.05, 4.69) is 47.5 Å². The van der Waals surface area contributed by atoms with Crippen LogP contribution in [-0.4, -0.2) is 6.54 Å². The molecule has 0 amide bonds. The Balaban J connectivity index is 1.64. The zero-order chi connectivity index (χ0) is 16.6. The second-order valence-corrected chi connectivity index (χ2v) is 5.29. The minimum absolute atomic E-state index is 0.557. The summed E-state index contributed by atoms with van der Waals surface area (Å²) in [5, 5.41) is 12.0. The lowest BCUT2D eigenvalue weighted by molar-refractivity contribution is 1.37. The molecule has 0 aliphatic carbocycles. The highest BCUT2D eigenvalue weighted by atomic mass is 14.8. The van der Waals surface area contributed by atoms with Crippen LogP contribution >= 0.6 is 0 Å². The van der Waals surface area contributed by atoms with Crippen LogP contribution in [0.25, 0.3) is 11.1 Å². The minimum atomic E-state index is 0.557. The topological polar surface area (TPSA) is 35.8 Å². The average molecular weight is 308 g/mol. The molecular weight excluding hydrogens is 292 g/mol. The highest BCUT2D eigenvalue weighted by Crippen LogP contribution is 2.19. The highest BCUT2D eigenvalue weighted by Gasteiger charge is 1.96. The van der Waals surface area contributed by atoms with Crippen LogP contribution in [0.15, 0.2) is 78.9 Å². The lowest BCUT2D eigenvalue weighted by Crippen LogP contribution is -1.98. The van der Waals surface area contributed by atoms with Gasteiger partial charge in [0.25, 0.3) is 0 Å². The van der Waals surface area contributed by atoms with Crippen molar-refractivity contribution in [2.45, 2.75) is 0 Å². The Morgan fingerprint density at radius 1 is 0.750 bits per heavy atom. The standard InChI is InChI=1S/C22H16N2/c23-17-19-11-13-22(14-12-19)24-15-5-7-18-6-4-10-21(16-18)20-8-2-1-3-9-20/h1-4,6,8-14,16,24H,15H2. The first-order valence-corrected chi connectivity index (χ1v) is 7.73. The summed E-state index contributed by atoms with van der Waals surface area (Å²) in [6.07, 6.45) is 0. The largest absolute Gasteiger partial charge is 0.374 e. The van der Waals surface area contributed by atoms with Crippen molar-refractivity contribution in [2.24, 2.45) is 0 Å². The van der Waals surface area contributed by atoms with E-state index in [0.29, 0.717) is 12.1 Å². The molecule has 0 heterocycles. The van der Waals surface area contributed by atoms with Gasteiger partial charge in [-0.2, -0.15) is 5.26 Å². The van der Waals surface area contributed by atoms with Gasteiger partial charge in [-0.15, -0.1) is 0 Å². The Hall–Kier alpha value is -3.49. The molecule has 0 saturated heterocycles. The van der Waals surface area contributed by atoms with Gasteiger partial charge in [0.1, 0.15) is 0 Å². The maximum atomic E-state index is 8.78. The molecular formula is C22H16N2. The monoisotopic (exact) mass is 308 g/mol. The smallest absolute Gasteiger partial charge is 0.0991 e. The maximum absolute atomic E-state index is 8.78. The van der Waals surface area contributed by atoms with Crippen molar-refractivity contribution >= 4 is 5.69 Å². The molecule has 0 aromatic heterocycles. The number of nitrogens with zero attached hydrogens (tertiary/aromatic N) is 1. The Labute approximate surface area is 142 Å². The summed E-state index contributed by atoms with van der Waals surface area (Å²) in [5.74, 6) is 6.31. The van der Waals surface area contributed by atoms with Crippen LogP contribution in [0.1, 0.15) is 11.1 Å². The van der Waals surface area contributed by atoms with E-state index in [0.717, 1.165) is 11.3 Å². The third-order valence-corrected chi connectivity index (χ3v) is 3.60. The van der Waals surface area contributed by atoms with Gasteiger partial charge in [-0.1, -0.05) is 54.3 Å². The second kappa shape index (κ2) is 7.68. The lowest BCUT2D eigenvalue weighted by Gasteiger charge is -2.02. The lowest BCUT2D eigenvalue weighted by atomic mass is 10.0. The molecule has 2 nitrogen and oxygen atoms in total. The average Bonchev–Trinajstić information content (AvgIpc) is 2.67. The molecule has 24 heavy (non-hydrogen) atoms. The molecule has 0 atom stereocenters. The summed E-state index contributed by atoms with van der Waals surface area (Å²) in [6, 6.07) is 28.0. The molecule has 0 aliphatic rings. The SMILES string of the molecule is N#Cc1ccc(NCC#Cc2cccc(-c3ccccc3)c2)cc1. The quantitative estimate of drug-likeness (QED) is 0.713. The van der Waals surface area contributed by atoms with Crippen LogP contribution < -0.4 is 5.32 Å². The predicted molar refractivity (Wildman–Crippen MR) is 98.4 cm³/mol. The molecule has 3 aromatic carbocycles. The molecule has 0 aliphatic heterocycles. The fourth-order valence-corrected chi connectivity index (χ4v) is 2.36. The molecule has 0 spiro atoms. The van der Waals surface area contributed by atoms with Crippen LogP contribution in [0.5, 0.6) is 0 Å². The maximum Gasteiger partial charge on any atom is 0.0991 e. The zero-order valence-corrected chi connectivity index (χ0v) is 13.2. The van der Waals surface area contributed by atoms with Crippen molar-refractivity contribution in [1.29, 1.82) is 5.26 Å². The summed E-state index contributed by atoms with van der Waals surface area (Å²) in [7, 11) is 0. The third kappa shape index (κ3) is 4.03. The van der Waals surface area contributed by atoms with Crippen molar-refractivity contribution in [3.05, 3.63) is 90.0 Å². The Morgan fingerprint density at radius 2 is 1.50 bits per heavy atom.